The molecule has 0 amide bonds. The van der Waals surface area contributed by atoms with Gasteiger partial charge in [-0.1, -0.05) is 0 Å². The number of nitrogens with zero attached hydrogens (tertiary/aromatic N) is 1. The van der Waals surface area contributed by atoms with Crippen LogP contribution in [0, 0.1) is 11.8 Å². The summed E-state index contributed by atoms with van der Waals surface area (Å²) < 4.78 is 0. The quantitative estimate of drug-likeness (QED) is 0.756. The van der Waals surface area contributed by atoms with E-state index in [0.29, 0.717) is 18.7 Å². The second-order valence-electron chi connectivity index (χ2n) is 5.75. The second kappa shape index (κ2) is 5.48. The molecule has 2 heterocycles. The molecule has 0 aromatic rings. The summed E-state index contributed by atoms with van der Waals surface area (Å²) >= 11 is 0. The van der Waals surface area contributed by atoms with Gasteiger partial charge in [-0.05, 0) is 64.6 Å². The molecule has 0 bridgehead atoms. The number of likely N-dealkylation sites (tertiary alicyclic amines) is 1. The third kappa shape index (κ3) is 2.76. The zero-order chi connectivity index (χ0) is 11.5. The zero-order valence-corrected chi connectivity index (χ0v) is 10.7. The van der Waals surface area contributed by atoms with Crippen LogP contribution in [0.1, 0.15) is 33.1 Å². The fourth-order valence-electron chi connectivity index (χ4n) is 3.26. The fourth-order valence-corrected chi connectivity index (χ4v) is 3.26. The normalized spacial score (nSPS) is 33.8. The molecule has 2 rings (SSSR count). The van der Waals surface area contributed by atoms with Gasteiger partial charge in [-0.2, -0.15) is 0 Å². The summed E-state index contributed by atoms with van der Waals surface area (Å²) in [5.41, 5.74) is 0. The lowest BCUT2D eigenvalue weighted by atomic mass is 9.82. The number of piperidine rings is 1. The van der Waals surface area contributed by atoms with E-state index >= 15 is 0 Å². The van der Waals surface area contributed by atoms with Crippen molar-refractivity contribution in [3.8, 4) is 0 Å². The Kier molecular flexibility index (Phi) is 4.22. The van der Waals surface area contributed by atoms with Gasteiger partial charge in [0.05, 0.1) is 6.61 Å². The Morgan fingerprint density at radius 1 is 1.25 bits per heavy atom. The van der Waals surface area contributed by atoms with Gasteiger partial charge in [0.2, 0.25) is 0 Å². The molecule has 2 fully saturated rings. The van der Waals surface area contributed by atoms with E-state index in [4.69, 9.17) is 5.11 Å². The van der Waals surface area contributed by atoms with Gasteiger partial charge >= 0.3 is 0 Å². The molecule has 16 heavy (non-hydrogen) atoms. The van der Waals surface area contributed by atoms with Gasteiger partial charge in [0.1, 0.15) is 0 Å². The first-order valence-corrected chi connectivity index (χ1v) is 6.79. The van der Waals surface area contributed by atoms with Gasteiger partial charge in [0, 0.05) is 12.1 Å². The monoisotopic (exact) mass is 226 g/mol. The first-order valence-electron chi connectivity index (χ1n) is 6.79. The maximum atomic E-state index is 9.13. The molecule has 2 aliphatic rings. The lowest BCUT2D eigenvalue weighted by Gasteiger charge is -2.36. The minimum absolute atomic E-state index is 0.307. The highest BCUT2D eigenvalue weighted by Gasteiger charge is 2.32. The molecule has 2 saturated heterocycles. The first kappa shape index (κ1) is 12.3. The Morgan fingerprint density at radius 3 is 2.44 bits per heavy atom. The van der Waals surface area contributed by atoms with E-state index in [-0.39, 0.29) is 0 Å². The van der Waals surface area contributed by atoms with Crippen LogP contribution in [0.25, 0.3) is 0 Å². The maximum Gasteiger partial charge on any atom is 0.0584 e. The molecule has 0 aliphatic carbocycles. The van der Waals surface area contributed by atoms with Crippen LogP contribution in [-0.2, 0) is 0 Å². The molecule has 0 saturated carbocycles. The summed E-state index contributed by atoms with van der Waals surface area (Å²) in [6, 6.07) is 1.07. The van der Waals surface area contributed by atoms with E-state index in [2.05, 4.69) is 24.1 Å². The number of rotatable bonds is 3. The van der Waals surface area contributed by atoms with Gasteiger partial charge in [0.15, 0.2) is 0 Å². The van der Waals surface area contributed by atoms with Crippen molar-refractivity contribution < 1.29 is 5.11 Å². The number of hydrogen-bond acceptors (Lipinski definition) is 3. The largest absolute Gasteiger partial charge is 0.395 e. The predicted octanol–water partition coefficient (Wildman–Crippen LogP) is 1.08. The Balaban J connectivity index is 1.77. The van der Waals surface area contributed by atoms with E-state index in [1.165, 1.54) is 32.4 Å². The third-order valence-electron chi connectivity index (χ3n) is 4.45. The van der Waals surface area contributed by atoms with E-state index in [1.807, 2.05) is 0 Å². The molecular weight excluding hydrogens is 200 g/mol. The lowest BCUT2D eigenvalue weighted by molar-refractivity contribution is 0.123. The molecule has 0 radical (unpaired) electrons. The first-order chi connectivity index (χ1) is 7.70. The van der Waals surface area contributed by atoms with Crippen LogP contribution < -0.4 is 5.32 Å². The zero-order valence-electron chi connectivity index (χ0n) is 10.7. The van der Waals surface area contributed by atoms with E-state index < -0.39 is 0 Å². The van der Waals surface area contributed by atoms with Crippen LogP contribution in [0.2, 0.25) is 0 Å². The standard InChI is InChI=1S/C13H26N2O/c1-10(2)15-5-3-11(4-6-15)12-7-13(9-16)14-8-12/h10-14,16H,3-9H2,1-2H3. The van der Waals surface area contributed by atoms with Crippen molar-refractivity contribution in [2.75, 3.05) is 26.2 Å². The fraction of sp³-hybridized carbons (Fsp3) is 1.00. The third-order valence-corrected chi connectivity index (χ3v) is 4.45. The number of hydrogen-bond donors (Lipinski definition) is 2. The van der Waals surface area contributed by atoms with Crippen LogP contribution >= 0.6 is 0 Å². The van der Waals surface area contributed by atoms with Crippen LogP contribution in [0.4, 0.5) is 0 Å². The van der Waals surface area contributed by atoms with Crippen molar-refractivity contribution in [1.29, 1.82) is 0 Å². The Morgan fingerprint density at radius 2 is 1.94 bits per heavy atom. The number of aliphatic hydroxyl groups is 1. The highest BCUT2D eigenvalue weighted by molar-refractivity contribution is 4.88. The van der Waals surface area contributed by atoms with Crippen LogP contribution in [0.3, 0.4) is 0 Å². The molecule has 94 valence electrons. The van der Waals surface area contributed by atoms with Crippen molar-refractivity contribution >= 4 is 0 Å². The molecular formula is C13H26N2O. The summed E-state index contributed by atoms with van der Waals surface area (Å²) in [4.78, 5) is 2.59. The average Bonchev–Trinajstić information content (AvgIpc) is 2.77. The van der Waals surface area contributed by atoms with Gasteiger partial charge in [-0.25, -0.2) is 0 Å². The van der Waals surface area contributed by atoms with Crippen molar-refractivity contribution in [1.82, 2.24) is 10.2 Å². The summed E-state index contributed by atoms with van der Waals surface area (Å²) in [6.07, 6.45) is 3.88. The van der Waals surface area contributed by atoms with E-state index in [1.54, 1.807) is 0 Å². The summed E-state index contributed by atoms with van der Waals surface area (Å²) in [5, 5.41) is 12.6. The molecule has 0 aromatic carbocycles. The van der Waals surface area contributed by atoms with Crippen molar-refractivity contribution in [2.45, 2.75) is 45.2 Å². The average molecular weight is 226 g/mol. The molecule has 0 spiro atoms. The van der Waals surface area contributed by atoms with Gasteiger partial charge < -0.3 is 15.3 Å². The summed E-state index contributed by atoms with van der Waals surface area (Å²) in [6.45, 7) is 8.54. The molecule has 0 aromatic heterocycles. The van der Waals surface area contributed by atoms with Crippen LogP contribution in [0.5, 0.6) is 0 Å². The van der Waals surface area contributed by atoms with Crippen molar-refractivity contribution in [3.63, 3.8) is 0 Å². The van der Waals surface area contributed by atoms with Crippen molar-refractivity contribution in [3.05, 3.63) is 0 Å². The lowest BCUT2D eigenvalue weighted by Crippen LogP contribution is -2.40. The van der Waals surface area contributed by atoms with E-state index in [9.17, 15) is 0 Å². The molecule has 2 aliphatic heterocycles. The molecule has 2 unspecified atom stereocenters. The second-order valence-corrected chi connectivity index (χ2v) is 5.75. The van der Waals surface area contributed by atoms with Crippen LogP contribution in [0.15, 0.2) is 0 Å². The van der Waals surface area contributed by atoms with Gasteiger partial charge in [-0.15, -0.1) is 0 Å². The minimum Gasteiger partial charge on any atom is -0.395 e. The number of nitrogens with one attached hydrogen (secondary N) is 1. The molecule has 2 atom stereocenters. The van der Waals surface area contributed by atoms with Crippen molar-refractivity contribution in [2.24, 2.45) is 11.8 Å². The number of aliphatic hydroxyl groups excluding tert-OH is 1. The highest BCUT2D eigenvalue weighted by Crippen LogP contribution is 2.31. The Hall–Kier alpha value is -0.120. The molecule has 3 nitrogen and oxygen atoms in total. The van der Waals surface area contributed by atoms with Gasteiger partial charge in [0.25, 0.3) is 0 Å². The SMILES string of the molecule is CC(C)N1CCC(C2CNC(CO)C2)CC1. The molecule has 3 heteroatoms. The Bertz CT molecular complexity index is 212. The maximum absolute atomic E-state index is 9.13. The van der Waals surface area contributed by atoms with Gasteiger partial charge in [-0.3, -0.25) is 0 Å². The molecule has 2 N–H and O–H groups in total. The summed E-state index contributed by atoms with van der Waals surface area (Å²) in [7, 11) is 0. The smallest absolute Gasteiger partial charge is 0.0584 e. The highest BCUT2D eigenvalue weighted by atomic mass is 16.3. The van der Waals surface area contributed by atoms with E-state index in [0.717, 1.165) is 18.4 Å². The minimum atomic E-state index is 0.307. The topological polar surface area (TPSA) is 35.5 Å². The Labute approximate surface area is 99.2 Å². The predicted molar refractivity (Wildman–Crippen MR) is 66.4 cm³/mol. The van der Waals surface area contributed by atoms with Crippen LogP contribution in [-0.4, -0.2) is 48.3 Å². The summed E-state index contributed by atoms with van der Waals surface area (Å²) in [5.74, 6) is 1.70.